The van der Waals surface area contributed by atoms with Crippen LogP contribution in [-0.2, 0) is 13.7 Å². The Labute approximate surface area is 151 Å². The van der Waals surface area contributed by atoms with E-state index in [2.05, 4.69) is 15.9 Å². The van der Waals surface area contributed by atoms with Crippen LogP contribution in [0.5, 0.6) is 5.75 Å². The van der Waals surface area contributed by atoms with Crippen molar-refractivity contribution in [2.75, 3.05) is 0 Å². The van der Waals surface area contributed by atoms with Crippen molar-refractivity contribution in [3.8, 4) is 11.4 Å². The molecule has 0 fully saturated rings. The standard InChI is InChI=1S/C17H14BrN3O4/c1-19-15(11-25-14-9-7-13(8-10-14)21(23)24)16(18)17(22)20(19)12-5-3-2-4-6-12/h2-10H,11H2,1H3. The first-order valence-corrected chi connectivity index (χ1v) is 8.17. The topological polar surface area (TPSA) is 79.3 Å². The minimum Gasteiger partial charge on any atom is -0.487 e. The van der Waals surface area contributed by atoms with Crippen molar-refractivity contribution in [3.63, 3.8) is 0 Å². The monoisotopic (exact) mass is 403 g/mol. The Hall–Kier alpha value is -2.87. The number of non-ortho nitro benzene ring substituents is 1. The number of benzene rings is 2. The van der Waals surface area contributed by atoms with E-state index in [1.807, 2.05) is 30.3 Å². The molecule has 0 amide bonds. The van der Waals surface area contributed by atoms with Gasteiger partial charge >= 0.3 is 0 Å². The van der Waals surface area contributed by atoms with Gasteiger partial charge in [-0.05, 0) is 40.2 Å². The van der Waals surface area contributed by atoms with Crippen molar-refractivity contribution in [1.82, 2.24) is 9.36 Å². The van der Waals surface area contributed by atoms with E-state index in [-0.39, 0.29) is 17.9 Å². The van der Waals surface area contributed by atoms with E-state index in [4.69, 9.17) is 4.74 Å². The fraction of sp³-hybridized carbons (Fsp3) is 0.118. The summed E-state index contributed by atoms with van der Waals surface area (Å²) in [6.07, 6.45) is 0. The van der Waals surface area contributed by atoms with Crippen molar-refractivity contribution < 1.29 is 9.66 Å². The second-order valence-electron chi connectivity index (χ2n) is 5.28. The van der Waals surface area contributed by atoms with Crippen LogP contribution in [-0.4, -0.2) is 14.3 Å². The quantitative estimate of drug-likeness (QED) is 0.482. The number of nitro benzene ring substituents is 1. The van der Waals surface area contributed by atoms with Crippen LogP contribution in [0.25, 0.3) is 5.69 Å². The van der Waals surface area contributed by atoms with Crippen molar-refractivity contribution in [3.05, 3.63) is 85.2 Å². The zero-order valence-electron chi connectivity index (χ0n) is 13.3. The molecule has 3 aromatic rings. The maximum Gasteiger partial charge on any atom is 0.286 e. The molecule has 0 aliphatic carbocycles. The second kappa shape index (κ2) is 6.94. The van der Waals surface area contributed by atoms with E-state index in [1.165, 1.54) is 24.3 Å². The summed E-state index contributed by atoms with van der Waals surface area (Å²) in [7, 11) is 1.77. The van der Waals surface area contributed by atoms with Crippen LogP contribution >= 0.6 is 15.9 Å². The summed E-state index contributed by atoms with van der Waals surface area (Å²) < 4.78 is 9.34. The fourth-order valence-corrected chi connectivity index (χ4v) is 2.99. The minimum atomic E-state index is -0.468. The minimum absolute atomic E-state index is 0.00355. The Morgan fingerprint density at radius 3 is 2.36 bits per heavy atom. The van der Waals surface area contributed by atoms with Crippen LogP contribution in [0.3, 0.4) is 0 Å². The van der Waals surface area contributed by atoms with Gasteiger partial charge in [0.15, 0.2) is 0 Å². The molecule has 0 atom stereocenters. The third kappa shape index (κ3) is 3.34. The van der Waals surface area contributed by atoms with Gasteiger partial charge in [-0.3, -0.25) is 19.6 Å². The Bertz CT molecular complexity index is 962. The predicted molar refractivity (Wildman–Crippen MR) is 96.1 cm³/mol. The summed E-state index contributed by atoms with van der Waals surface area (Å²) >= 11 is 3.33. The molecular weight excluding hydrogens is 390 g/mol. The number of nitrogens with zero attached hydrogens (tertiary/aromatic N) is 3. The van der Waals surface area contributed by atoms with E-state index in [0.29, 0.717) is 15.9 Å². The highest BCUT2D eigenvalue weighted by Crippen LogP contribution is 2.21. The summed E-state index contributed by atoms with van der Waals surface area (Å²) in [5.41, 5.74) is 1.22. The highest BCUT2D eigenvalue weighted by atomic mass is 79.9. The molecule has 0 unspecified atom stereocenters. The molecule has 0 N–H and O–H groups in total. The molecule has 128 valence electrons. The molecule has 1 aromatic heterocycles. The molecule has 1 heterocycles. The van der Waals surface area contributed by atoms with Crippen molar-refractivity contribution >= 4 is 21.6 Å². The first kappa shape index (κ1) is 17.0. The van der Waals surface area contributed by atoms with Gasteiger partial charge in [0.25, 0.3) is 11.2 Å². The highest BCUT2D eigenvalue weighted by molar-refractivity contribution is 9.10. The largest absolute Gasteiger partial charge is 0.487 e. The van der Waals surface area contributed by atoms with Gasteiger partial charge in [0.1, 0.15) is 16.8 Å². The van der Waals surface area contributed by atoms with Crippen molar-refractivity contribution in [2.24, 2.45) is 7.05 Å². The zero-order chi connectivity index (χ0) is 18.0. The Kier molecular flexibility index (Phi) is 4.71. The van der Waals surface area contributed by atoms with E-state index in [1.54, 1.807) is 16.4 Å². The molecule has 7 nitrogen and oxygen atoms in total. The van der Waals surface area contributed by atoms with E-state index >= 15 is 0 Å². The number of rotatable bonds is 5. The molecule has 0 saturated heterocycles. The van der Waals surface area contributed by atoms with E-state index < -0.39 is 4.92 Å². The molecule has 3 rings (SSSR count). The first-order valence-electron chi connectivity index (χ1n) is 7.38. The fourth-order valence-electron chi connectivity index (χ4n) is 2.45. The number of aromatic nitrogens is 2. The van der Waals surface area contributed by atoms with E-state index in [0.717, 1.165) is 5.69 Å². The van der Waals surface area contributed by atoms with Gasteiger partial charge in [0.2, 0.25) is 0 Å². The third-order valence-electron chi connectivity index (χ3n) is 3.75. The number of hydrogen-bond donors (Lipinski definition) is 0. The van der Waals surface area contributed by atoms with Crippen LogP contribution in [0.15, 0.2) is 63.9 Å². The first-order chi connectivity index (χ1) is 12.0. The summed E-state index contributed by atoms with van der Waals surface area (Å²) in [5.74, 6) is 0.484. The molecule has 0 radical (unpaired) electrons. The summed E-state index contributed by atoms with van der Waals surface area (Å²) in [5, 5.41) is 10.7. The predicted octanol–water partition coefficient (Wildman–Crippen LogP) is 3.43. The molecular formula is C17H14BrN3O4. The number of hydrogen-bond acceptors (Lipinski definition) is 4. The average Bonchev–Trinajstić information content (AvgIpc) is 2.83. The normalized spacial score (nSPS) is 10.6. The van der Waals surface area contributed by atoms with Crippen LogP contribution in [0, 0.1) is 10.1 Å². The molecule has 0 bridgehead atoms. The average molecular weight is 404 g/mol. The molecule has 0 saturated carbocycles. The summed E-state index contributed by atoms with van der Waals surface area (Å²) in [4.78, 5) is 22.7. The van der Waals surface area contributed by atoms with Gasteiger partial charge in [-0.25, -0.2) is 4.68 Å². The van der Waals surface area contributed by atoms with Crippen LogP contribution in [0.4, 0.5) is 5.69 Å². The van der Waals surface area contributed by atoms with E-state index in [9.17, 15) is 14.9 Å². The third-order valence-corrected chi connectivity index (χ3v) is 4.54. The van der Waals surface area contributed by atoms with Gasteiger partial charge < -0.3 is 4.74 Å². The Morgan fingerprint density at radius 2 is 1.76 bits per heavy atom. The molecule has 25 heavy (non-hydrogen) atoms. The van der Waals surface area contributed by atoms with Gasteiger partial charge in [-0.2, -0.15) is 0 Å². The summed E-state index contributed by atoms with van der Waals surface area (Å²) in [6.45, 7) is 0.143. The maximum absolute atomic E-state index is 12.5. The van der Waals surface area contributed by atoms with Crippen LogP contribution in [0.1, 0.15) is 5.69 Å². The zero-order valence-corrected chi connectivity index (χ0v) is 14.8. The molecule has 0 spiro atoms. The second-order valence-corrected chi connectivity index (χ2v) is 6.07. The number of para-hydroxylation sites is 1. The van der Waals surface area contributed by atoms with Gasteiger partial charge in [0, 0.05) is 19.2 Å². The van der Waals surface area contributed by atoms with Crippen LogP contribution < -0.4 is 10.3 Å². The molecule has 0 aliphatic rings. The number of ether oxygens (including phenoxy) is 1. The van der Waals surface area contributed by atoms with Crippen molar-refractivity contribution in [2.45, 2.75) is 6.61 Å². The molecule has 2 aromatic carbocycles. The number of nitro groups is 1. The Morgan fingerprint density at radius 1 is 1.12 bits per heavy atom. The van der Waals surface area contributed by atoms with Gasteiger partial charge in [-0.15, -0.1) is 0 Å². The van der Waals surface area contributed by atoms with Gasteiger partial charge in [-0.1, -0.05) is 18.2 Å². The molecule has 0 aliphatic heterocycles. The van der Waals surface area contributed by atoms with Crippen molar-refractivity contribution in [1.29, 1.82) is 0 Å². The lowest BCUT2D eigenvalue weighted by atomic mass is 10.3. The maximum atomic E-state index is 12.5. The van der Waals surface area contributed by atoms with Gasteiger partial charge in [0.05, 0.1) is 16.3 Å². The number of halogens is 1. The highest BCUT2D eigenvalue weighted by Gasteiger charge is 2.17. The summed E-state index contributed by atoms with van der Waals surface area (Å²) in [6, 6.07) is 15.1. The lowest BCUT2D eigenvalue weighted by Crippen LogP contribution is -2.19. The SMILES string of the molecule is Cn1c(COc2ccc([N+](=O)[O-])cc2)c(Br)c(=O)n1-c1ccccc1. The van der Waals surface area contributed by atoms with Crippen LogP contribution in [0.2, 0.25) is 0 Å². The lowest BCUT2D eigenvalue weighted by Gasteiger charge is -2.11. The smallest absolute Gasteiger partial charge is 0.286 e. The lowest BCUT2D eigenvalue weighted by molar-refractivity contribution is -0.384. The Balaban J connectivity index is 1.86. The molecule has 8 heteroatoms.